The maximum absolute atomic E-state index is 5.97. The minimum absolute atomic E-state index is 0. The summed E-state index contributed by atoms with van der Waals surface area (Å²) >= 11 is 9.20. The highest BCUT2D eigenvalue weighted by molar-refractivity contribution is 14.0. The van der Waals surface area contributed by atoms with E-state index < -0.39 is 0 Å². The lowest BCUT2D eigenvalue weighted by atomic mass is 10.4. The molecule has 2 aromatic heterocycles. The summed E-state index contributed by atoms with van der Waals surface area (Å²) in [7, 11) is 7.78. The molecule has 0 aliphatic rings. The Morgan fingerprint density at radius 2 is 2.09 bits per heavy atom. The van der Waals surface area contributed by atoms with Crippen LogP contribution < -0.4 is 10.2 Å². The van der Waals surface area contributed by atoms with Crippen LogP contribution in [-0.2, 0) is 13.1 Å². The van der Waals surface area contributed by atoms with Crippen molar-refractivity contribution in [3.05, 3.63) is 32.4 Å². The lowest BCUT2D eigenvalue weighted by Gasteiger charge is -2.21. The first-order chi connectivity index (χ1) is 10.5. The van der Waals surface area contributed by atoms with E-state index in [1.807, 2.05) is 38.2 Å². The molecule has 0 saturated heterocycles. The molecule has 0 saturated carbocycles. The Kier molecular flexibility index (Phi) is 8.59. The van der Waals surface area contributed by atoms with E-state index in [9.17, 15) is 0 Å². The lowest BCUT2D eigenvalue weighted by Crippen LogP contribution is -2.37. The topological polar surface area (TPSA) is 43.8 Å². The van der Waals surface area contributed by atoms with E-state index >= 15 is 0 Å². The number of nitrogens with one attached hydrogen (secondary N) is 1. The molecule has 2 heterocycles. The highest BCUT2D eigenvalue weighted by atomic mass is 127. The molecule has 0 aliphatic heterocycles. The van der Waals surface area contributed by atoms with Gasteiger partial charge in [-0.2, -0.15) is 0 Å². The predicted molar refractivity (Wildman–Crippen MR) is 113 cm³/mol. The van der Waals surface area contributed by atoms with Crippen molar-refractivity contribution in [1.82, 2.24) is 15.2 Å². The average Bonchev–Trinajstić information content (AvgIpc) is 3.09. The van der Waals surface area contributed by atoms with Crippen LogP contribution in [-0.4, -0.2) is 44.0 Å². The van der Waals surface area contributed by atoms with Crippen LogP contribution in [0.15, 0.2) is 22.5 Å². The van der Waals surface area contributed by atoms with Crippen LogP contribution in [0.2, 0.25) is 4.34 Å². The van der Waals surface area contributed by atoms with Crippen LogP contribution in [0.25, 0.3) is 0 Å². The third kappa shape index (κ3) is 6.09. The van der Waals surface area contributed by atoms with E-state index in [0.29, 0.717) is 6.54 Å². The molecular formula is C14H21ClIN5S2. The molecule has 2 aromatic rings. The first-order valence-electron chi connectivity index (χ1n) is 6.77. The summed E-state index contributed by atoms with van der Waals surface area (Å²) < 4.78 is 0.810. The second kappa shape index (κ2) is 9.65. The second-order valence-electron chi connectivity index (χ2n) is 4.98. The first-order valence-corrected chi connectivity index (χ1v) is 8.84. The van der Waals surface area contributed by atoms with E-state index in [-0.39, 0.29) is 24.0 Å². The number of aromatic nitrogens is 1. The minimum Gasteiger partial charge on any atom is -0.354 e. The largest absolute Gasteiger partial charge is 0.354 e. The summed E-state index contributed by atoms with van der Waals surface area (Å²) in [6, 6.07) is 3.96. The zero-order valence-electron chi connectivity index (χ0n) is 13.5. The van der Waals surface area contributed by atoms with Crippen molar-refractivity contribution in [2.24, 2.45) is 4.99 Å². The number of rotatable bonds is 5. The third-order valence-corrected chi connectivity index (χ3v) is 5.22. The molecule has 1 N–H and O–H groups in total. The number of halogens is 2. The van der Waals surface area contributed by atoms with Crippen molar-refractivity contribution in [3.63, 3.8) is 0 Å². The number of anilines is 1. The van der Waals surface area contributed by atoms with Crippen molar-refractivity contribution >= 4 is 69.3 Å². The SMILES string of the molecule is CN=C(NCc1csc(N(C)C)n1)N(C)Cc1ccc(Cl)s1.I. The molecule has 0 bridgehead atoms. The molecule has 9 heteroatoms. The predicted octanol–water partition coefficient (Wildman–Crippen LogP) is 3.75. The van der Waals surface area contributed by atoms with Gasteiger partial charge in [0.25, 0.3) is 0 Å². The molecule has 0 fully saturated rings. The first kappa shape index (κ1) is 20.5. The van der Waals surface area contributed by atoms with Crippen LogP contribution in [0.3, 0.4) is 0 Å². The Hall–Kier alpha value is -0.580. The molecule has 23 heavy (non-hydrogen) atoms. The molecule has 2 rings (SSSR count). The maximum Gasteiger partial charge on any atom is 0.194 e. The fourth-order valence-electron chi connectivity index (χ4n) is 1.88. The number of thiazole rings is 1. The van der Waals surface area contributed by atoms with Gasteiger partial charge >= 0.3 is 0 Å². The van der Waals surface area contributed by atoms with Crippen molar-refractivity contribution in [1.29, 1.82) is 0 Å². The smallest absolute Gasteiger partial charge is 0.194 e. The van der Waals surface area contributed by atoms with Crippen LogP contribution >= 0.6 is 58.3 Å². The minimum atomic E-state index is 0. The summed E-state index contributed by atoms with van der Waals surface area (Å²) in [5.74, 6) is 0.837. The van der Waals surface area contributed by atoms with Gasteiger partial charge in [-0.1, -0.05) is 11.6 Å². The van der Waals surface area contributed by atoms with Gasteiger partial charge in [0.05, 0.1) is 23.1 Å². The van der Waals surface area contributed by atoms with Gasteiger partial charge in [0.1, 0.15) is 0 Å². The fraction of sp³-hybridized carbons (Fsp3) is 0.429. The number of hydrogen-bond acceptors (Lipinski definition) is 5. The molecule has 0 unspecified atom stereocenters. The molecule has 0 aromatic carbocycles. The Balaban J connectivity index is 0.00000264. The zero-order chi connectivity index (χ0) is 16.1. The molecule has 0 spiro atoms. The van der Waals surface area contributed by atoms with Crippen molar-refractivity contribution in [3.8, 4) is 0 Å². The molecule has 128 valence electrons. The number of aliphatic imine (C=N–C) groups is 1. The summed E-state index contributed by atoms with van der Waals surface area (Å²) in [5, 5.41) is 6.41. The van der Waals surface area contributed by atoms with Gasteiger partial charge in [-0.05, 0) is 12.1 Å². The van der Waals surface area contributed by atoms with Crippen LogP contribution in [0.5, 0.6) is 0 Å². The number of guanidine groups is 1. The highest BCUT2D eigenvalue weighted by Crippen LogP contribution is 2.22. The molecular weight excluding hydrogens is 465 g/mol. The summed E-state index contributed by atoms with van der Waals surface area (Å²) in [5.41, 5.74) is 1.02. The van der Waals surface area contributed by atoms with Crippen molar-refractivity contribution in [2.75, 3.05) is 33.1 Å². The van der Waals surface area contributed by atoms with Gasteiger partial charge in [0.15, 0.2) is 11.1 Å². The molecule has 0 aliphatic carbocycles. The van der Waals surface area contributed by atoms with Crippen molar-refractivity contribution < 1.29 is 0 Å². The average molecular weight is 486 g/mol. The van der Waals surface area contributed by atoms with E-state index in [4.69, 9.17) is 11.6 Å². The quantitative estimate of drug-likeness (QED) is 0.398. The third-order valence-electron chi connectivity index (χ3n) is 2.95. The van der Waals surface area contributed by atoms with Crippen molar-refractivity contribution in [2.45, 2.75) is 13.1 Å². The zero-order valence-corrected chi connectivity index (χ0v) is 18.3. The lowest BCUT2D eigenvalue weighted by molar-refractivity contribution is 0.481. The van der Waals surface area contributed by atoms with Gasteiger partial charge in [-0.3, -0.25) is 4.99 Å². The Morgan fingerprint density at radius 3 is 2.61 bits per heavy atom. The fourth-order valence-corrected chi connectivity index (χ4v) is 3.78. The van der Waals surface area contributed by atoms with Gasteiger partial charge < -0.3 is 15.1 Å². The molecule has 0 radical (unpaired) electrons. The van der Waals surface area contributed by atoms with Gasteiger partial charge in [0.2, 0.25) is 0 Å². The Bertz CT molecular complexity index is 641. The van der Waals surface area contributed by atoms with Crippen LogP contribution in [0.4, 0.5) is 5.13 Å². The van der Waals surface area contributed by atoms with Crippen LogP contribution in [0, 0.1) is 0 Å². The van der Waals surface area contributed by atoms with Gasteiger partial charge in [-0.15, -0.1) is 46.7 Å². The number of hydrogen-bond donors (Lipinski definition) is 1. The van der Waals surface area contributed by atoms with E-state index in [2.05, 4.69) is 25.6 Å². The molecule has 0 amide bonds. The summed E-state index contributed by atoms with van der Waals surface area (Å²) in [4.78, 5) is 14.2. The van der Waals surface area contributed by atoms with Crippen LogP contribution in [0.1, 0.15) is 10.6 Å². The van der Waals surface area contributed by atoms with Gasteiger partial charge in [0, 0.05) is 38.4 Å². The monoisotopic (exact) mass is 485 g/mol. The van der Waals surface area contributed by atoms with Gasteiger partial charge in [-0.25, -0.2) is 4.98 Å². The second-order valence-corrected chi connectivity index (χ2v) is 7.61. The standard InChI is InChI=1S/C14H20ClN5S2.HI/c1-16-13(20(4)8-11-5-6-12(15)22-11)17-7-10-9-21-14(18-10)19(2)3;/h5-6,9H,7-8H2,1-4H3,(H,16,17);1H. The summed E-state index contributed by atoms with van der Waals surface area (Å²) in [6.45, 7) is 1.43. The van der Waals surface area contributed by atoms with E-state index in [0.717, 1.165) is 27.7 Å². The molecule has 0 atom stereocenters. The van der Waals surface area contributed by atoms with E-state index in [1.165, 1.54) is 4.88 Å². The Morgan fingerprint density at radius 1 is 1.35 bits per heavy atom. The maximum atomic E-state index is 5.97. The van der Waals surface area contributed by atoms with E-state index in [1.54, 1.807) is 29.7 Å². The number of thiophene rings is 1. The highest BCUT2D eigenvalue weighted by Gasteiger charge is 2.09. The Labute approximate surface area is 167 Å². The normalized spacial score (nSPS) is 11.1. The number of nitrogens with zero attached hydrogens (tertiary/aromatic N) is 4. The molecule has 5 nitrogen and oxygen atoms in total. The summed E-state index contributed by atoms with van der Waals surface area (Å²) in [6.07, 6.45) is 0.